The van der Waals surface area contributed by atoms with Crippen molar-refractivity contribution in [1.82, 2.24) is 19.9 Å². The molecule has 0 aliphatic carbocycles. The minimum absolute atomic E-state index is 0.770. The maximum atomic E-state index is 5.70. The van der Waals surface area contributed by atoms with Crippen LogP contribution in [0.4, 0.5) is 0 Å². The van der Waals surface area contributed by atoms with Gasteiger partial charge in [-0.3, -0.25) is 0 Å². The Labute approximate surface area is 340 Å². The fourth-order valence-electron chi connectivity index (χ4n) is 7.77. The van der Waals surface area contributed by atoms with Crippen LogP contribution in [0.25, 0.3) is 89.9 Å². The summed E-state index contributed by atoms with van der Waals surface area (Å²) < 4.78 is 0. The molecular formula is C54H42N4. The van der Waals surface area contributed by atoms with Crippen LogP contribution in [0.1, 0.15) is 62.3 Å². The molecule has 8 bridgehead atoms. The first-order valence-corrected chi connectivity index (χ1v) is 20.1. The highest BCUT2D eigenvalue weighted by Gasteiger charge is 2.27. The van der Waals surface area contributed by atoms with Crippen LogP contribution in [-0.2, 0) is 0 Å². The summed E-state index contributed by atoms with van der Waals surface area (Å²) in [6.07, 6.45) is 7.73. The molecule has 58 heavy (non-hydrogen) atoms. The Bertz CT molecular complexity index is 2800. The van der Waals surface area contributed by atoms with Gasteiger partial charge in [-0.1, -0.05) is 159 Å². The predicted octanol–water partition coefficient (Wildman–Crippen LogP) is 13.7. The van der Waals surface area contributed by atoms with Crippen molar-refractivity contribution in [1.29, 1.82) is 0 Å². The molecule has 0 saturated heterocycles. The standard InChI is InChI=1S/C54H42N4/c1-3-5-11-29-41-42(30-12-6-4-2)54-52(40-27-19-10-20-28-40)48-36-34-46(57-48)50(38-23-15-8-16-24-38)44-32-31-43(55-44)49(37-21-13-7-14-22-37)45-33-35-47(56-45)51(53(41)58-54)39-25-17-9-18-26-39/h7-10,13-28,31-36,56-57H,3-6H2,1-2H3. The van der Waals surface area contributed by atoms with Crippen molar-refractivity contribution >= 4 is 45.4 Å². The zero-order chi connectivity index (χ0) is 39.3. The van der Waals surface area contributed by atoms with Crippen LogP contribution in [0.2, 0.25) is 0 Å². The molecule has 0 amide bonds. The monoisotopic (exact) mass is 746 g/mol. The largest absolute Gasteiger partial charge is 0.354 e. The van der Waals surface area contributed by atoms with E-state index in [1.807, 2.05) is 0 Å². The van der Waals surface area contributed by atoms with Gasteiger partial charge in [0.25, 0.3) is 0 Å². The molecule has 9 rings (SSSR count). The van der Waals surface area contributed by atoms with Crippen molar-refractivity contribution in [2.75, 3.05) is 0 Å². The Morgan fingerprint density at radius 3 is 1.07 bits per heavy atom. The number of unbranched alkanes of at least 4 members (excludes halogenated alkanes) is 2. The number of fused-ring (bicyclic) bond motifs is 8. The lowest BCUT2D eigenvalue weighted by atomic mass is 9.95. The highest BCUT2D eigenvalue weighted by molar-refractivity contribution is 6.13. The highest BCUT2D eigenvalue weighted by atomic mass is 14.8. The van der Waals surface area contributed by atoms with Crippen LogP contribution in [0.5, 0.6) is 0 Å². The number of rotatable bonds is 6. The average molecular weight is 747 g/mol. The SMILES string of the molecule is CCCC#CC1=C(C#CCCC)c2nc1c(-c1ccccc1)c1ccc([nH]1)c(-c1ccccc1)c1nc(c(-c3ccccc3)c3ccc([nH]3)c2-c2ccccc2)C=C1. The van der Waals surface area contributed by atoms with E-state index >= 15 is 0 Å². The van der Waals surface area contributed by atoms with Crippen molar-refractivity contribution in [3.8, 4) is 68.2 Å². The van der Waals surface area contributed by atoms with E-state index in [2.05, 4.69) is 205 Å². The van der Waals surface area contributed by atoms with Gasteiger partial charge in [-0.15, -0.1) is 0 Å². The van der Waals surface area contributed by atoms with E-state index in [-0.39, 0.29) is 0 Å². The minimum Gasteiger partial charge on any atom is -0.354 e. The second-order valence-electron chi connectivity index (χ2n) is 14.4. The molecule has 2 aliphatic heterocycles. The molecule has 0 radical (unpaired) electrons. The second kappa shape index (κ2) is 16.4. The van der Waals surface area contributed by atoms with Crippen molar-refractivity contribution in [2.45, 2.75) is 39.5 Å². The molecule has 0 fully saturated rings. The fourth-order valence-corrected chi connectivity index (χ4v) is 7.77. The van der Waals surface area contributed by atoms with Crippen LogP contribution in [-0.4, -0.2) is 19.9 Å². The van der Waals surface area contributed by atoms with Gasteiger partial charge in [0.05, 0.1) is 33.9 Å². The number of benzene rings is 4. The van der Waals surface area contributed by atoms with Crippen molar-refractivity contribution < 1.29 is 0 Å². The van der Waals surface area contributed by atoms with E-state index in [0.29, 0.717) is 0 Å². The third kappa shape index (κ3) is 6.98. The normalized spacial score (nSPS) is 11.8. The number of nitrogens with one attached hydrogen (secondary N) is 2. The molecule has 7 aromatic rings. The zero-order valence-electron chi connectivity index (χ0n) is 32.7. The van der Waals surface area contributed by atoms with Gasteiger partial charge in [0.1, 0.15) is 0 Å². The molecule has 0 spiro atoms. The van der Waals surface area contributed by atoms with Crippen LogP contribution >= 0.6 is 0 Å². The minimum atomic E-state index is 0.770. The molecule has 4 heteroatoms. The van der Waals surface area contributed by atoms with Crippen LogP contribution in [0, 0.1) is 23.7 Å². The van der Waals surface area contributed by atoms with E-state index in [1.54, 1.807) is 0 Å². The van der Waals surface area contributed by atoms with E-state index in [9.17, 15) is 0 Å². The second-order valence-corrected chi connectivity index (χ2v) is 14.4. The summed E-state index contributed by atoms with van der Waals surface area (Å²) in [7, 11) is 0. The number of nitrogens with zero attached hydrogens (tertiary/aromatic N) is 2. The lowest BCUT2D eigenvalue weighted by Gasteiger charge is -2.07. The number of allylic oxidation sites excluding steroid dienone is 2. The summed E-state index contributed by atoms with van der Waals surface area (Å²) in [5.41, 5.74) is 17.0. The van der Waals surface area contributed by atoms with Gasteiger partial charge in [0.2, 0.25) is 0 Å². The summed E-state index contributed by atoms with van der Waals surface area (Å²) in [6.45, 7) is 4.33. The zero-order valence-corrected chi connectivity index (χ0v) is 32.7. The van der Waals surface area contributed by atoms with Crippen LogP contribution < -0.4 is 0 Å². The molecule has 4 nitrogen and oxygen atoms in total. The van der Waals surface area contributed by atoms with Crippen molar-refractivity contribution in [3.05, 3.63) is 168 Å². The quantitative estimate of drug-likeness (QED) is 0.166. The Kier molecular flexibility index (Phi) is 10.2. The summed E-state index contributed by atoms with van der Waals surface area (Å²) in [6, 6.07) is 50.8. The first-order valence-electron chi connectivity index (χ1n) is 20.1. The fraction of sp³-hybridized carbons (Fsp3) is 0.111. The van der Waals surface area contributed by atoms with Crippen molar-refractivity contribution in [3.63, 3.8) is 0 Å². The Morgan fingerprint density at radius 1 is 0.397 bits per heavy atom. The average Bonchev–Trinajstić information content (AvgIpc) is 4.10. The van der Waals surface area contributed by atoms with Crippen LogP contribution in [0.3, 0.4) is 0 Å². The number of hydrogen-bond acceptors (Lipinski definition) is 2. The number of aromatic nitrogens is 4. The third-order valence-electron chi connectivity index (χ3n) is 10.4. The molecule has 4 aromatic carbocycles. The maximum Gasteiger partial charge on any atom is 0.0906 e. The topological polar surface area (TPSA) is 57.4 Å². The Hall–Kier alpha value is -7.40. The third-order valence-corrected chi connectivity index (χ3v) is 10.4. The highest BCUT2D eigenvalue weighted by Crippen LogP contribution is 2.43. The van der Waals surface area contributed by atoms with Gasteiger partial charge < -0.3 is 9.97 Å². The molecule has 0 unspecified atom stereocenters. The summed E-state index contributed by atoms with van der Waals surface area (Å²) in [4.78, 5) is 18.9. The predicted molar refractivity (Wildman–Crippen MR) is 244 cm³/mol. The number of hydrogen-bond donors (Lipinski definition) is 2. The lowest BCUT2D eigenvalue weighted by molar-refractivity contribution is 0.983. The first kappa shape index (κ1) is 36.3. The van der Waals surface area contributed by atoms with Gasteiger partial charge in [-0.25, -0.2) is 9.97 Å². The Morgan fingerprint density at radius 2 is 0.724 bits per heavy atom. The lowest BCUT2D eigenvalue weighted by Crippen LogP contribution is -1.91. The van der Waals surface area contributed by atoms with E-state index in [4.69, 9.17) is 9.97 Å². The first-order chi connectivity index (χ1) is 28.7. The molecular weight excluding hydrogens is 705 g/mol. The van der Waals surface area contributed by atoms with Gasteiger partial charge >= 0.3 is 0 Å². The molecule has 278 valence electrons. The molecule has 3 aromatic heterocycles. The van der Waals surface area contributed by atoms with Gasteiger partial charge in [0, 0.05) is 57.2 Å². The molecule has 0 saturated carbocycles. The molecule has 2 N–H and O–H groups in total. The van der Waals surface area contributed by atoms with Crippen LogP contribution in [0.15, 0.2) is 146 Å². The Balaban J connectivity index is 1.55. The summed E-state index contributed by atoms with van der Waals surface area (Å²) >= 11 is 0. The van der Waals surface area contributed by atoms with Gasteiger partial charge in [-0.2, -0.15) is 0 Å². The summed E-state index contributed by atoms with van der Waals surface area (Å²) in [5.74, 6) is 14.3. The van der Waals surface area contributed by atoms with Gasteiger partial charge in [-0.05, 0) is 71.5 Å². The smallest absolute Gasteiger partial charge is 0.0906 e. The van der Waals surface area contributed by atoms with E-state index < -0.39 is 0 Å². The summed E-state index contributed by atoms with van der Waals surface area (Å²) in [5, 5.41) is 0. The van der Waals surface area contributed by atoms with E-state index in [0.717, 1.165) is 126 Å². The van der Waals surface area contributed by atoms with Crippen molar-refractivity contribution in [2.24, 2.45) is 0 Å². The molecule has 5 heterocycles. The number of aromatic amines is 2. The number of H-pyrrole nitrogens is 2. The maximum absolute atomic E-state index is 5.70. The van der Waals surface area contributed by atoms with Gasteiger partial charge in [0.15, 0.2) is 0 Å². The molecule has 2 aliphatic rings. The van der Waals surface area contributed by atoms with E-state index in [1.165, 1.54) is 0 Å². The molecule has 0 atom stereocenters.